The van der Waals surface area contributed by atoms with Gasteiger partial charge in [0, 0.05) is 32.9 Å². The van der Waals surface area contributed by atoms with Crippen LogP contribution in [0.1, 0.15) is 5.56 Å². The lowest BCUT2D eigenvalue weighted by Gasteiger charge is -2.16. The predicted octanol–water partition coefficient (Wildman–Crippen LogP) is 0.943. The van der Waals surface area contributed by atoms with Crippen LogP contribution in [0.2, 0.25) is 0 Å². The molecule has 0 aliphatic heterocycles. The number of aromatic nitrogens is 1. The normalized spacial score (nSPS) is 10.2. The van der Waals surface area contributed by atoms with Crippen molar-refractivity contribution in [3.8, 4) is 6.07 Å². The number of anilines is 1. The number of pyridine rings is 1. The maximum atomic E-state index is 8.75. The van der Waals surface area contributed by atoms with Crippen LogP contribution in [0.15, 0.2) is 18.3 Å². The van der Waals surface area contributed by atoms with Gasteiger partial charge in [-0.05, 0) is 19.2 Å². The van der Waals surface area contributed by atoms with Crippen molar-refractivity contribution in [2.75, 3.05) is 45.7 Å². The van der Waals surface area contributed by atoms with Gasteiger partial charge in [-0.3, -0.25) is 0 Å². The first-order valence-corrected chi connectivity index (χ1v) is 5.53. The summed E-state index contributed by atoms with van der Waals surface area (Å²) in [6.45, 7) is 3.34. The molecule has 5 nitrogen and oxygen atoms in total. The second kappa shape index (κ2) is 7.60. The summed E-state index contributed by atoms with van der Waals surface area (Å²) in [6, 6.07) is 5.52. The van der Waals surface area contributed by atoms with Gasteiger partial charge >= 0.3 is 0 Å². The lowest BCUT2D eigenvalue weighted by Crippen LogP contribution is -2.28. The van der Waals surface area contributed by atoms with Crippen molar-refractivity contribution in [3.05, 3.63) is 23.9 Å². The van der Waals surface area contributed by atoms with E-state index in [1.54, 1.807) is 25.4 Å². The molecule has 0 aromatic carbocycles. The number of hydrogen-bond donors (Lipinski definition) is 1. The fraction of sp³-hybridized carbons (Fsp3) is 0.500. The molecule has 1 aromatic rings. The van der Waals surface area contributed by atoms with E-state index in [1.165, 1.54) is 0 Å². The minimum absolute atomic E-state index is 0.621. The van der Waals surface area contributed by atoms with Crippen molar-refractivity contribution in [1.29, 1.82) is 5.26 Å². The molecule has 1 N–H and O–H groups in total. The number of likely N-dealkylation sites (N-methyl/N-ethyl adjacent to an activating group) is 1. The first-order valence-electron chi connectivity index (χ1n) is 5.53. The number of rotatable bonds is 7. The zero-order chi connectivity index (χ0) is 12.5. The Balaban J connectivity index is 2.28. The Labute approximate surface area is 102 Å². The monoisotopic (exact) mass is 234 g/mol. The third-order valence-electron chi connectivity index (χ3n) is 2.37. The number of nitrogens with one attached hydrogen (secondary N) is 1. The van der Waals surface area contributed by atoms with Crippen LogP contribution in [0.25, 0.3) is 0 Å². The number of ether oxygens (including phenoxy) is 1. The lowest BCUT2D eigenvalue weighted by molar-refractivity contribution is 0.163. The Morgan fingerprint density at radius 2 is 2.35 bits per heavy atom. The summed E-state index contributed by atoms with van der Waals surface area (Å²) in [5.41, 5.74) is 0.621. The van der Waals surface area contributed by atoms with Crippen LogP contribution in [0, 0.1) is 11.3 Å². The molecule has 0 saturated heterocycles. The van der Waals surface area contributed by atoms with Crippen LogP contribution in [0.5, 0.6) is 0 Å². The summed E-state index contributed by atoms with van der Waals surface area (Å²) in [4.78, 5) is 6.31. The van der Waals surface area contributed by atoms with E-state index in [0.717, 1.165) is 32.1 Å². The van der Waals surface area contributed by atoms with Gasteiger partial charge in [0.05, 0.1) is 18.2 Å². The molecule has 0 bridgehead atoms. The summed E-state index contributed by atoms with van der Waals surface area (Å²) in [7, 11) is 3.74. The summed E-state index contributed by atoms with van der Waals surface area (Å²) < 4.78 is 5.00. The number of hydrogen-bond acceptors (Lipinski definition) is 5. The van der Waals surface area contributed by atoms with Crippen LogP contribution in [0.4, 0.5) is 5.82 Å². The molecule has 0 radical (unpaired) electrons. The van der Waals surface area contributed by atoms with Crippen LogP contribution in [-0.4, -0.2) is 50.3 Å². The third-order valence-corrected chi connectivity index (χ3v) is 2.37. The minimum Gasteiger partial charge on any atom is -0.383 e. The molecule has 0 amide bonds. The van der Waals surface area contributed by atoms with Gasteiger partial charge in [-0.25, -0.2) is 4.98 Å². The van der Waals surface area contributed by atoms with E-state index in [-0.39, 0.29) is 0 Å². The quantitative estimate of drug-likeness (QED) is 0.761. The van der Waals surface area contributed by atoms with Crippen LogP contribution < -0.4 is 5.32 Å². The molecule has 0 saturated carbocycles. The van der Waals surface area contributed by atoms with Crippen molar-refractivity contribution < 1.29 is 4.74 Å². The molecular weight excluding hydrogens is 216 g/mol. The second-order valence-corrected chi connectivity index (χ2v) is 3.76. The van der Waals surface area contributed by atoms with E-state index in [4.69, 9.17) is 10.00 Å². The highest BCUT2D eigenvalue weighted by atomic mass is 16.5. The van der Waals surface area contributed by atoms with Crippen molar-refractivity contribution in [3.63, 3.8) is 0 Å². The summed E-state index contributed by atoms with van der Waals surface area (Å²) in [5.74, 6) is 0.740. The highest BCUT2D eigenvalue weighted by molar-refractivity contribution is 5.42. The number of methoxy groups -OCH3 is 1. The second-order valence-electron chi connectivity index (χ2n) is 3.76. The van der Waals surface area contributed by atoms with E-state index in [9.17, 15) is 0 Å². The Kier molecular flexibility index (Phi) is 6.00. The topological polar surface area (TPSA) is 61.2 Å². The van der Waals surface area contributed by atoms with Crippen LogP contribution in [0.3, 0.4) is 0 Å². The molecule has 1 rings (SSSR count). The van der Waals surface area contributed by atoms with E-state index in [2.05, 4.69) is 21.3 Å². The van der Waals surface area contributed by atoms with Gasteiger partial charge in [0.2, 0.25) is 0 Å². The average molecular weight is 234 g/mol. The van der Waals surface area contributed by atoms with Crippen molar-refractivity contribution in [1.82, 2.24) is 9.88 Å². The van der Waals surface area contributed by atoms with E-state index in [0.29, 0.717) is 5.56 Å². The summed E-state index contributed by atoms with van der Waals surface area (Å²) >= 11 is 0. The van der Waals surface area contributed by atoms with E-state index < -0.39 is 0 Å². The Bertz CT molecular complexity index is 375. The highest BCUT2D eigenvalue weighted by Gasteiger charge is 1.99. The Morgan fingerprint density at radius 3 is 3.06 bits per heavy atom. The van der Waals surface area contributed by atoms with Gasteiger partial charge < -0.3 is 15.0 Å². The molecular formula is C12H18N4O. The molecule has 1 aromatic heterocycles. The molecule has 92 valence electrons. The van der Waals surface area contributed by atoms with Crippen molar-refractivity contribution in [2.24, 2.45) is 0 Å². The third kappa shape index (κ3) is 5.29. The highest BCUT2D eigenvalue weighted by Crippen LogP contribution is 2.04. The molecule has 0 spiro atoms. The van der Waals surface area contributed by atoms with Crippen LogP contribution in [-0.2, 0) is 4.74 Å². The molecule has 17 heavy (non-hydrogen) atoms. The number of nitrogens with zero attached hydrogens (tertiary/aromatic N) is 3. The SMILES string of the molecule is COCCN(C)CCNc1cc(C#N)ccn1. The zero-order valence-corrected chi connectivity index (χ0v) is 10.3. The van der Waals surface area contributed by atoms with Crippen molar-refractivity contribution in [2.45, 2.75) is 0 Å². The molecule has 0 unspecified atom stereocenters. The standard InChI is InChI=1S/C12H18N4O/c1-16(7-8-17-2)6-5-15-12-9-11(10-13)3-4-14-12/h3-4,9H,5-8H2,1-2H3,(H,14,15). The van der Waals surface area contributed by atoms with Gasteiger partial charge in [0.15, 0.2) is 0 Å². The van der Waals surface area contributed by atoms with Crippen molar-refractivity contribution >= 4 is 5.82 Å². The van der Waals surface area contributed by atoms with E-state index in [1.807, 2.05) is 7.05 Å². The molecule has 0 aliphatic carbocycles. The zero-order valence-electron chi connectivity index (χ0n) is 10.3. The van der Waals surface area contributed by atoms with Gasteiger partial charge in [0.25, 0.3) is 0 Å². The van der Waals surface area contributed by atoms with Crippen LogP contribution >= 0.6 is 0 Å². The fourth-order valence-corrected chi connectivity index (χ4v) is 1.33. The fourth-order valence-electron chi connectivity index (χ4n) is 1.33. The summed E-state index contributed by atoms with van der Waals surface area (Å²) in [5, 5.41) is 11.9. The first-order chi connectivity index (χ1) is 8.26. The van der Waals surface area contributed by atoms with Gasteiger partial charge in [-0.15, -0.1) is 0 Å². The average Bonchev–Trinajstić information content (AvgIpc) is 2.36. The molecule has 0 fully saturated rings. The lowest BCUT2D eigenvalue weighted by atomic mass is 10.3. The van der Waals surface area contributed by atoms with E-state index >= 15 is 0 Å². The number of nitriles is 1. The molecule has 5 heteroatoms. The minimum atomic E-state index is 0.621. The first kappa shape index (κ1) is 13.4. The maximum Gasteiger partial charge on any atom is 0.127 e. The largest absolute Gasteiger partial charge is 0.383 e. The Hall–Kier alpha value is -1.64. The van der Waals surface area contributed by atoms with Gasteiger partial charge in [-0.1, -0.05) is 0 Å². The van der Waals surface area contributed by atoms with Gasteiger partial charge in [-0.2, -0.15) is 5.26 Å². The smallest absolute Gasteiger partial charge is 0.127 e. The summed E-state index contributed by atoms with van der Waals surface area (Å²) in [6.07, 6.45) is 1.63. The Morgan fingerprint density at radius 1 is 1.53 bits per heavy atom. The maximum absolute atomic E-state index is 8.75. The molecule has 0 atom stereocenters. The predicted molar refractivity (Wildman–Crippen MR) is 66.8 cm³/mol. The molecule has 1 heterocycles. The van der Waals surface area contributed by atoms with Gasteiger partial charge in [0.1, 0.15) is 5.82 Å². The molecule has 0 aliphatic rings.